The first-order valence-electron chi connectivity index (χ1n) is 15.2. The predicted octanol–water partition coefficient (Wildman–Crippen LogP) is 9.61. The number of fused-ring (bicyclic) bond motifs is 3. The van der Waals surface area contributed by atoms with Crippen molar-refractivity contribution in [3.05, 3.63) is 143 Å². The van der Waals surface area contributed by atoms with Crippen LogP contribution in [0.3, 0.4) is 0 Å². The minimum Gasteiger partial charge on any atom is -0.506 e. The molecule has 2 aromatic heterocycles. The van der Waals surface area contributed by atoms with Gasteiger partial charge in [-0.15, -0.1) is 23.8 Å². The molecule has 1 aliphatic rings. The van der Waals surface area contributed by atoms with Gasteiger partial charge in [0, 0.05) is 49.5 Å². The van der Waals surface area contributed by atoms with Gasteiger partial charge in [0.05, 0.1) is 0 Å². The number of phenolic OH excluding ortho intramolecular Hbond substituents is 1. The summed E-state index contributed by atoms with van der Waals surface area (Å²) in [5.41, 5.74) is 9.05. The largest absolute Gasteiger partial charge is 0.506 e. The minimum atomic E-state index is -0.263. The Kier molecular flexibility index (Phi) is 8.09. The van der Waals surface area contributed by atoms with E-state index in [1.807, 2.05) is 54.7 Å². The first-order chi connectivity index (χ1) is 21.6. The molecular weight excluding hydrogens is 746 g/mol. The number of para-hydroxylation sites is 2. The van der Waals surface area contributed by atoms with Crippen LogP contribution in [-0.2, 0) is 31.9 Å². The van der Waals surface area contributed by atoms with Crippen molar-refractivity contribution in [3.63, 3.8) is 0 Å². The first-order valence-corrected chi connectivity index (χ1v) is 15.2. The maximum atomic E-state index is 10.9. The third-order valence-electron chi connectivity index (χ3n) is 8.69. The van der Waals surface area contributed by atoms with Crippen molar-refractivity contribution in [1.82, 2.24) is 9.97 Å². The Balaban J connectivity index is 0.00000372. The van der Waals surface area contributed by atoms with Crippen LogP contribution in [0.4, 0.5) is 17.2 Å². The molecule has 5 heteroatoms. The molecule has 46 heavy (non-hydrogen) atoms. The average molecular weight is 780 g/mol. The minimum absolute atomic E-state index is 0. The molecule has 0 saturated carbocycles. The van der Waals surface area contributed by atoms with Crippen LogP contribution in [0.5, 0.6) is 5.75 Å². The molecule has 0 bridgehead atoms. The number of nitrogens with zero attached hydrogens (tertiary/aromatic N) is 3. The van der Waals surface area contributed by atoms with Crippen molar-refractivity contribution in [2.75, 3.05) is 4.90 Å². The molecule has 0 unspecified atom stereocenters. The predicted molar refractivity (Wildman–Crippen MR) is 183 cm³/mol. The summed E-state index contributed by atoms with van der Waals surface area (Å²) in [6.45, 7) is 11.2. The van der Waals surface area contributed by atoms with Crippen LogP contribution >= 0.6 is 0 Å². The van der Waals surface area contributed by atoms with Crippen molar-refractivity contribution in [1.29, 1.82) is 0 Å². The van der Waals surface area contributed by atoms with E-state index >= 15 is 0 Å². The quantitative estimate of drug-likeness (QED) is 0.141. The van der Waals surface area contributed by atoms with E-state index in [4.69, 9.17) is 9.97 Å². The molecule has 1 aliphatic heterocycles. The summed E-state index contributed by atoms with van der Waals surface area (Å²) in [4.78, 5) is 12.1. The maximum absolute atomic E-state index is 10.9. The summed E-state index contributed by atoms with van der Waals surface area (Å²) in [6.07, 6.45) is 1.90. The Bertz CT molecular complexity index is 2150. The molecule has 0 atom stereocenters. The van der Waals surface area contributed by atoms with Crippen molar-refractivity contribution in [3.8, 4) is 28.8 Å². The molecular formula is C41H34N3OPt-. The number of aromatic hydroxyl groups is 1. The molecule has 0 spiro atoms. The first kappa shape index (κ1) is 31.3. The van der Waals surface area contributed by atoms with Gasteiger partial charge in [-0.05, 0) is 69.7 Å². The van der Waals surface area contributed by atoms with Gasteiger partial charge in [-0.2, -0.15) is 0 Å². The molecule has 1 N–H and O–H groups in total. The third kappa shape index (κ3) is 5.50. The van der Waals surface area contributed by atoms with E-state index in [2.05, 4.69) is 106 Å². The number of aromatic nitrogens is 2. The number of anilines is 3. The van der Waals surface area contributed by atoms with Crippen LogP contribution in [0.1, 0.15) is 62.4 Å². The second kappa shape index (κ2) is 11.9. The topological polar surface area (TPSA) is 49.2 Å². The summed E-state index contributed by atoms with van der Waals surface area (Å²) in [6, 6.07) is 38.2. The Morgan fingerprint density at radius 3 is 2.35 bits per heavy atom. The van der Waals surface area contributed by atoms with Gasteiger partial charge in [0.15, 0.2) is 0 Å². The van der Waals surface area contributed by atoms with Gasteiger partial charge in [-0.1, -0.05) is 107 Å². The summed E-state index contributed by atoms with van der Waals surface area (Å²) in [5, 5.41) is 11.7. The number of rotatable bonds is 2. The molecule has 230 valence electrons. The van der Waals surface area contributed by atoms with E-state index in [1.165, 1.54) is 11.1 Å². The second-order valence-electron chi connectivity index (χ2n) is 13.1. The van der Waals surface area contributed by atoms with Gasteiger partial charge >= 0.3 is 0 Å². The molecule has 0 fully saturated rings. The Morgan fingerprint density at radius 2 is 1.57 bits per heavy atom. The third-order valence-corrected chi connectivity index (χ3v) is 8.69. The number of phenols is 1. The maximum Gasteiger partial charge on any atom is 0.140 e. The molecule has 0 saturated heterocycles. The van der Waals surface area contributed by atoms with Crippen molar-refractivity contribution < 1.29 is 26.2 Å². The molecule has 6 aromatic rings. The average Bonchev–Trinajstić information content (AvgIpc) is 3.04. The van der Waals surface area contributed by atoms with Crippen molar-refractivity contribution in [2.24, 2.45) is 0 Å². The standard InChI is InChI=1S/C41H34N3O.Pt/c1-40(2,3)30-22-23-42-38(26-30)44-35-16-10-9-15-32(35)41(4,5)33-21-20-29(25-36(33)44)34-24-28(19-18-27-12-7-6-8-13-27)31-14-11-17-37(45)39(31)43-34;/h6-17,20-24,26,45H,1-5H3;/q-1;. The Labute approximate surface area is 285 Å². The number of benzene rings is 4. The Morgan fingerprint density at radius 1 is 0.804 bits per heavy atom. The van der Waals surface area contributed by atoms with Gasteiger partial charge in [-0.3, -0.25) is 4.98 Å². The van der Waals surface area contributed by atoms with E-state index in [9.17, 15) is 5.11 Å². The van der Waals surface area contributed by atoms with Crippen LogP contribution in [-0.4, -0.2) is 15.1 Å². The summed E-state index contributed by atoms with van der Waals surface area (Å²) in [7, 11) is 0. The fraction of sp³-hybridized carbons (Fsp3) is 0.171. The van der Waals surface area contributed by atoms with Gasteiger partial charge < -0.3 is 10.0 Å². The zero-order valence-electron chi connectivity index (χ0n) is 26.5. The van der Waals surface area contributed by atoms with Crippen LogP contribution in [0.15, 0.2) is 109 Å². The van der Waals surface area contributed by atoms with Crippen molar-refractivity contribution in [2.45, 2.75) is 45.4 Å². The summed E-state index contributed by atoms with van der Waals surface area (Å²) >= 11 is 0. The normalized spacial score (nSPS) is 13.2. The van der Waals surface area contributed by atoms with E-state index in [-0.39, 0.29) is 37.6 Å². The number of hydrogen-bond donors (Lipinski definition) is 1. The number of pyridine rings is 2. The monoisotopic (exact) mass is 779 g/mol. The Hall–Kier alpha value is -4.71. The fourth-order valence-electron chi connectivity index (χ4n) is 6.16. The number of hydrogen-bond acceptors (Lipinski definition) is 4. The van der Waals surface area contributed by atoms with E-state index in [1.54, 1.807) is 6.07 Å². The van der Waals surface area contributed by atoms with Gasteiger partial charge in [0.25, 0.3) is 0 Å². The van der Waals surface area contributed by atoms with Gasteiger partial charge in [-0.25, -0.2) is 4.98 Å². The summed E-state index contributed by atoms with van der Waals surface area (Å²) < 4.78 is 0. The van der Waals surface area contributed by atoms with Gasteiger partial charge in [0.1, 0.15) is 17.1 Å². The smallest absolute Gasteiger partial charge is 0.140 e. The van der Waals surface area contributed by atoms with Crippen LogP contribution in [0, 0.1) is 17.9 Å². The molecule has 0 amide bonds. The molecule has 3 heterocycles. The zero-order chi connectivity index (χ0) is 31.3. The van der Waals surface area contributed by atoms with Crippen LogP contribution in [0.25, 0.3) is 22.2 Å². The van der Waals surface area contributed by atoms with Crippen LogP contribution < -0.4 is 4.90 Å². The van der Waals surface area contributed by atoms with E-state index in [0.29, 0.717) is 11.2 Å². The molecule has 0 radical (unpaired) electrons. The fourth-order valence-corrected chi connectivity index (χ4v) is 6.16. The molecule has 0 aliphatic carbocycles. The molecule has 4 aromatic carbocycles. The SMILES string of the molecule is CC(C)(C)c1ccnc(N2c3[c-]c(-c4cc(C#Cc5ccccc5)c5cccc(O)c5n4)ccc3C(C)(C)c3ccccc32)c1.[Pt]. The second-order valence-corrected chi connectivity index (χ2v) is 13.1. The van der Waals surface area contributed by atoms with Gasteiger partial charge in [0.2, 0.25) is 0 Å². The zero-order valence-corrected chi connectivity index (χ0v) is 28.8. The molecule has 4 nitrogen and oxygen atoms in total. The van der Waals surface area contributed by atoms with Crippen molar-refractivity contribution >= 4 is 28.1 Å². The van der Waals surface area contributed by atoms with E-state index in [0.717, 1.165) is 44.8 Å². The van der Waals surface area contributed by atoms with Crippen LogP contribution in [0.2, 0.25) is 0 Å². The van der Waals surface area contributed by atoms with E-state index < -0.39 is 0 Å². The molecule has 7 rings (SSSR count). The summed E-state index contributed by atoms with van der Waals surface area (Å²) in [5.74, 6) is 7.60.